The number of nitriles is 1. The minimum atomic E-state index is -0.479. The molecule has 0 spiro atoms. The summed E-state index contributed by atoms with van der Waals surface area (Å²) >= 11 is 5.98. The molecule has 0 aliphatic carbocycles. The van der Waals surface area contributed by atoms with Gasteiger partial charge in [-0.3, -0.25) is 9.69 Å². The number of nitrogens with two attached hydrogens (primary N) is 1. The molecule has 0 bridgehead atoms. The number of carbonyl (C=O) groups is 1. The molecule has 1 aliphatic rings. The van der Waals surface area contributed by atoms with E-state index in [1.807, 2.05) is 11.0 Å². The fourth-order valence-corrected chi connectivity index (χ4v) is 2.12. The number of rotatable bonds is 3. The predicted octanol–water partition coefficient (Wildman–Crippen LogP) is 1.09. The average Bonchev–Trinajstić information content (AvgIpc) is 2.43. The molecule has 2 rings (SSSR count). The van der Waals surface area contributed by atoms with E-state index in [1.165, 1.54) is 0 Å². The molecule has 1 unspecified atom stereocenters. The van der Waals surface area contributed by atoms with Gasteiger partial charge in [0.05, 0.1) is 29.9 Å². The number of nitrogens with one attached hydrogen (secondary N) is 1. The summed E-state index contributed by atoms with van der Waals surface area (Å²) in [6.45, 7) is 1.68. The Morgan fingerprint density at radius 2 is 2.45 bits per heavy atom. The van der Waals surface area contributed by atoms with Crippen LogP contribution in [0.5, 0.6) is 0 Å². The van der Waals surface area contributed by atoms with Gasteiger partial charge in [0.15, 0.2) is 6.10 Å². The van der Waals surface area contributed by atoms with Gasteiger partial charge in [0.2, 0.25) is 5.91 Å². The first kappa shape index (κ1) is 14.6. The van der Waals surface area contributed by atoms with Gasteiger partial charge < -0.3 is 15.8 Å². The molecule has 1 heterocycles. The van der Waals surface area contributed by atoms with Crippen LogP contribution in [0.3, 0.4) is 0 Å². The van der Waals surface area contributed by atoms with E-state index in [0.29, 0.717) is 36.1 Å². The maximum absolute atomic E-state index is 12.0. The highest BCUT2D eigenvalue weighted by molar-refractivity contribution is 6.33. The summed E-state index contributed by atoms with van der Waals surface area (Å²) in [7, 11) is 0. The molecule has 106 valence electrons. The van der Waals surface area contributed by atoms with E-state index in [1.54, 1.807) is 18.2 Å². The third kappa shape index (κ3) is 3.84. The Morgan fingerprint density at radius 3 is 3.20 bits per heavy atom. The highest BCUT2D eigenvalue weighted by atomic mass is 35.5. The number of morpholine rings is 1. The van der Waals surface area contributed by atoms with Gasteiger partial charge in [-0.2, -0.15) is 5.26 Å². The van der Waals surface area contributed by atoms with E-state index in [2.05, 4.69) is 5.32 Å². The van der Waals surface area contributed by atoms with Gasteiger partial charge in [-0.1, -0.05) is 11.6 Å². The Morgan fingerprint density at radius 1 is 1.65 bits per heavy atom. The molecule has 3 N–H and O–H groups in total. The first-order chi connectivity index (χ1) is 9.58. The Bertz CT molecular complexity index is 544. The summed E-state index contributed by atoms with van der Waals surface area (Å²) in [4.78, 5) is 13.8. The Kier molecular flexibility index (Phi) is 4.79. The van der Waals surface area contributed by atoms with Crippen LogP contribution in [0.25, 0.3) is 0 Å². The van der Waals surface area contributed by atoms with Crippen LogP contribution in [0.15, 0.2) is 18.2 Å². The summed E-state index contributed by atoms with van der Waals surface area (Å²) < 4.78 is 5.22. The third-order valence-corrected chi connectivity index (χ3v) is 3.26. The van der Waals surface area contributed by atoms with Gasteiger partial charge >= 0.3 is 0 Å². The first-order valence-electron chi connectivity index (χ1n) is 6.17. The summed E-state index contributed by atoms with van der Waals surface area (Å²) in [6.07, 6.45) is -0.479. The van der Waals surface area contributed by atoms with Gasteiger partial charge in [0, 0.05) is 18.8 Å². The van der Waals surface area contributed by atoms with E-state index < -0.39 is 6.10 Å². The zero-order chi connectivity index (χ0) is 14.5. The second kappa shape index (κ2) is 6.57. The molecule has 0 saturated carbocycles. The second-order valence-corrected chi connectivity index (χ2v) is 4.92. The molecule has 1 fully saturated rings. The van der Waals surface area contributed by atoms with Crippen LogP contribution in [0, 0.1) is 11.3 Å². The molecule has 1 aromatic carbocycles. The Balaban J connectivity index is 1.92. The lowest BCUT2D eigenvalue weighted by molar-refractivity contribution is -0.118. The van der Waals surface area contributed by atoms with E-state index in [9.17, 15) is 4.79 Å². The van der Waals surface area contributed by atoms with Crippen molar-refractivity contribution in [2.24, 2.45) is 0 Å². The zero-order valence-electron chi connectivity index (χ0n) is 10.8. The normalized spacial score (nSPS) is 19.3. The topological polar surface area (TPSA) is 91.4 Å². The van der Waals surface area contributed by atoms with Crippen LogP contribution in [0.1, 0.15) is 0 Å². The second-order valence-electron chi connectivity index (χ2n) is 4.51. The number of nitrogens with zero attached hydrogens (tertiary/aromatic N) is 2. The monoisotopic (exact) mass is 294 g/mol. The van der Waals surface area contributed by atoms with Crippen LogP contribution in [-0.4, -0.2) is 43.2 Å². The number of ether oxygens (including phenoxy) is 1. The Hall–Kier alpha value is -1.81. The smallest absolute Gasteiger partial charge is 0.238 e. The Labute approximate surface area is 122 Å². The van der Waals surface area contributed by atoms with Crippen LogP contribution < -0.4 is 11.1 Å². The number of hydrogen-bond donors (Lipinski definition) is 2. The van der Waals surface area contributed by atoms with Crippen molar-refractivity contribution in [1.82, 2.24) is 4.90 Å². The largest absolute Gasteiger partial charge is 0.399 e. The van der Waals surface area contributed by atoms with Crippen molar-refractivity contribution in [3.8, 4) is 6.07 Å². The summed E-state index contributed by atoms with van der Waals surface area (Å²) in [6, 6.07) is 6.94. The van der Waals surface area contributed by atoms with Crippen LogP contribution >= 0.6 is 11.6 Å². The molecule has 1 saturated heterocycles. The molecular formula is C13H15ClN4O2. The molecule has 6 nitrogen and oxygen atoms in total. The number of carbonyl (C=O) groups excluding carboxylic acids is 1. The SMILES string of the molecule is N#CC1CN(CC(=O)Nc2cc(N)ccc2Cl)CCO1. The van der Waals surface area contributed by atoms with Crippen molar-refractivity contribution in [3.63, 3.8) is 0 Å². The van der Waals surface area contributed by atoms with Crippen molar-refractivity contribution in [3.05, 3.63) is 23.2 Å². The fraction of sp³-hybridized carbons (Fsp3) is 0.385. The number of benzene rings is 1. The molecule has 0 radical (unpaired) electrons. The molecule has 1 aliphatic heterocycles. The standard InChI is InChI=1S/C13H15ClN4O2/c14-11-2-1-9(16)5-12(11)17-13(19)8-18-3-4-20-10(6-15)7-18/h1-2,5,10H,3-4,7-8,16H2,(H,17,19). The van der Waals surface area contributed by atoms with Crippen LogP contribution in [-0.2, 0) is 9.53 Å². The lowest BCUT2D eigenvalue weighted by Gasteiger charge is -2.28. The lowest BCUT2D eigenvalue weighted by atomic mass is 10.2. The van der Waals surface area contributed by atoms with Gasteiger partial charge in [-0.15, -0.1) is 0 Å². The predicted molar refractivity (Wildman–Crippen MR) is 76.3 cm³/mol. The van der Waals surface area contributed by atoms with Crippen molar-refractivity contribution in [1.29, 1.82) is 5.26 Å². The van der Waals surface area contributed by atoms with Crippen LogP contribution in [0.4, 0.5) is 11.4 Å². The number of anilines is 2. The molecule has 1 atom stereocenters. The minimum Gasteiger partial charge on any atom is -0.399 e. The van der Waals surface area contributed by atoms with E-state index in [-0.39, 0.29) is 12.5 Å². The number of hydrogen-bond acceptors (Lipinski definition) is 5. The van der Waals surface area contributed by atoms with Crippen molar-refractivity contribution in [2.75, 3.05) is 37.3 Å². The highest BCUT2D eigenvalue weighted by Crippen LogP contribution is 2.24. The molecule has 20 heavy (non-hydrogen) atoms. The number of amides is 1. The summed E-state index contributed by atoms with van der Waals surface area (Å²) in [5.41, 5.74) is 6.67. The maximum Gasteiger partial charge on any atom is 0.238 e. The lowest BCUT2D eigenvalue weighted by Crippen LogP contribution is -2.45. The zero-order valence-corrected chi connectivity index (χ0v) is 11.6. The van der Waals surface area contributed by atoms with Crippen LogP contribution in [0.2, 0.25) is 5.02 Å². The summed E-state index contributed by atoms with van der Waals surface area (Å²) in [5.74, 6) is -0.198. The van der Waals surface area contributed by atoms with Gasteiger partial charge in [-0.25, -0.2) is 0 Å². The van der Waals surface area contributed by atoms with Crippen molar-refractivity contribution < 1.29 is 9.53 Å². The van der Waals surface area contributed by atoms with Gasteiger partial charge in [0.25, 0.3) is 0 Å². The van der Waals surface area contributed by atoms with Gasteiger partial charge in [-0.05, 0) is 18.2 Å². The van der Waals surface area contributed by atoms with Crippen molar-refractivity contribution in [2.45, 2.75) is 6.10 Å². The quantitative estimate of drug-likeness (QED) is 0.814. The van der Waals surface area contributed by atoms with Gasteiger partial charge in [0.1, 0.15) is 0 Å². The molecule has 7 heteroatoms. The third-order valence-electron chi connectivity index (χ3n) is 2.93. The minimum absolute atomic E-state index is 0.187. The maximum atomic E-state index is 12.0. The van der Waals surface area contributed by atoms with E-state index in [4.69, 9.17) is 27.3 Å². The van der Waals surface area contributed by atoms with E-state index in [0.717, 1.165) is 0 Å². The number of halogens is 1. The number of nitrogen functional groups attached to an aromatic ring is 1. The molecule has 1 aromatic rings. The highest BCUT2D eigenvalue weighted by Gasteiger charge is 2.21. The molecule has 0 aromatic heterocycles. The molecule has 1 amide bonds. The first-order valence-corrected chi connectivity index (χ1v) is 6.54. The van der Waals surface area contributed by atoms with E-state index >= 15 is 0 Å². The molecular weight excluding hydrogens is 280 g/mol. The average molecular weight is 295 g/mol. The summed E-state index contributed by atoms with van der Waals surface area (Å²) in [5, 5.41) is 12.0. The van der Waals surface area contributed by atoms with Crippen molar-refractivity contribution >= 4 is 28.9 Å². The fourth-order valence-electron chi connectivity index (χ4n) is 1.96.